The van der Waals surface area contributed by atoms with Gasteiger partial charge in [-0.15, -0.1) is 0 Å². The zero-order valence-electron chi connectivity index (χ0n) is 10.8. The molecule has 0 bridgehead atoms. The van der Waals surface area contributed by atoms with Gasteiger partial charge < -0.3 is 10.0 Å². The molecule has 2 N–H and O–H groups in total. The second kappa shape index (κ2) is 5.12. The van der Waals surface area contributed by atoms with E-state index in [9.17, 15) is 14.7 Å². The molecule has 1 aliphatic heterocycles. The number of nitrogens with zero attached hydrogens (tertiary/aromatic N) is 3. The van der Waals surface area contributed by atoms with E-state index >= 15 is 0 Å². The van der Waals surface area contributed by atoms with Crippen LogP contribution in [0, 0.1) is 6.92 Å². The molecule has 0 aliphatic carbocycles. The predicted octanol–water partition coefficient (Wildman–Crippen LogP) is 1.71. The van der Waals surface area contributed by atoms with Gasteiger partial charge in [0.2, 0.25) is 5.13 Å². The van der Waals surface area contributed by atoms with Gasteiger partial charge in [-0.1, -0.05) is 0 Å². The topological polar surface area (TPSA) is 95.4 Å². The summed E-state index contributed by atoms with van der Waals surface area (Å²) in [6.45, 7) is 3.75. The van der Waals surface area contributed by atoms with Gasteiger partial charge in [0.25, 0.3) is 0 Å². The fourth-order valence-electron chi connectivity index (χ4n) is 2.18. The molecule has 19 heavy (non-hydrogen) atoms. The smallest absolute Gasteiger partial charge is 0.329 e. The van der Waals surface area contributed by atoms with Crippen LogP contribution in [0.3, 0.4) is 0 Å². The fourth-order valence-corrected chi connectivity index (χ4v) is 2.74. The van der Waals surface area contributed by atoms with Crippen molar-refractivity contribution in [3.05, 3.63) is 5.82 Å². The molecule has 0 aromatic carbocycles. The molecule has 8 heteroatoms. The van der Waals surface area contributed by atoms with E-state index in [1.807, 2.05) is 0 Å². The highest BCUT2D eigenvalue weighted by molar-refractivity contribution is 7.09. The van der Waals surface area contributed by atoms with Crippen molar-refractivity contribution in [1.29, 1.82) is 0 Å². The summed E-state index contributed by atoms with van der Waals surface area (Å²) in [4.78, 5) is 29.0. The normalized spacial score (nSPS) is 23.2. The van der Waals surface area contributed by atoms with Gasteiger partial charge in [-0.2, -0.15) is 4.37 Å². The molecule has 1 aromatic heterocycles. The minimum atomic E-state index is -1.15. The Kier molecular flexibility index (Phi) is 3.70. The van der Waals surface area contributed by atoms with E-state index in [0.717, 1.165) is 24.4 Å². The number of nitrogens with one attached hydrogen (secondary N) is 1. The van der Waals surface area contributed by atoms with Crippen LogP contribution < -0.4 is 5.32 Å². The van der Waals surface area contributed by atoms with Crippen LogP contribution in [0.5, 0.6) is 0 Å². The van der Waals surface area contributed by atoms with Crippen LogP contribution in [-0.4, -0.2) is 43.4 Å². The molecule has 1 atom stereocenters. The van der Waals surface area contributed by atoms with E-state index in [1.165, 1.54) is 4.90 Å². The molecule has 2 heterocycles. The molecule has 1 saturated heterocycles. The highest BCUT2D eigenvalue weighted by Gasteiger charge is 2.44. The number of likely N-dealkylation sites (tertiary alicyclic amines) is 1. The van der Waals surface area contributed by atoms with Crippen molar-refractivity contribution < 1.29 is 14.7 Å². The Morgan fingerprint density at radius 1 is 1.47 bits per heavy atom. The number of carboxylic acids is 1. The minimum Gasteiger partial charge on any atom is -0.480 e. The van der Waals surface area contributed by atoms with Crippen LogP contribution in [0.2, 0.25) is 0 Å². The lowest BCUT2D eigenvalue weighted by atomic mass is 9.89. The molecule has 2 amide bonds. The summed E-state index contributed by atoms with van der Waals surface area (Å²) in [5.74, 6) is -0.393. The number of anilines is 1. The number of amides is 2. The van der Waals surface area contributed by atoms with Crippen molar-refractivity contribution in [2.45, 2.75) is 38.6 Å². The maximum Gasteiger partial charge on any atom is 0.329 e. The van der Waals surface area contributed by atoms with Gasteiger partial charge in [0.1, 0.15) is 11.4 Å². The second-order valence-corrected chi connectivity index (χ2v) is 5.52. The van der Waals surface area contributed by atoms with Gasteiger partial charge in [0.05, 0.1) is 0 Å². The zero-order valence-corrected chi connectivity index (χ0v) is 11.7. The largest absolute Gasteiger partial charge is 0.480 e. The van der Waals surface area contributed by atoms with E-state index in [2.05, 4.69) is 14.7 Å². The third kappa shape index (κ3) is 2.67. The van der Waals surface area contributed by atoms with E-state index < -0.39 is 17.5 Å². The number of hydrogen-bond acceptors (Lipinski definition) is 5. The Morgan fingerprint density at radius 2 is 2.21 bits per heavy atom. The molecule has 0 radical (unpaired) electrons. The lowest BCUT2D eigenvalue weighted by Crippen LogP contribution is -2.58. The highest BCUT2D eigenvalue weighted by Crippen LogP contribution is 2.29. The van der Waals surface area contributed by atoms with Crippen LogP contribution in [-0.2, 0) is 4.79 Å². The summed E-state index contributed by atoms with van der Waals surface area (Å²) in [5, 5.41) is 12.3. The Bertz CT molecular complexity index is 504. The molecule has 7 nitrogen and oxygen atoms in total. The molecular formula is C11H16N4O3S. The first-order chi connectivity index (χ1) is 8.93. The summed E-state index contributed by atoms with van der Waals surface area (Å²) in [5.41, 5.74) is -1.15. The first kappa shape index (κ1) is 13.7. The van der Waals surface area contributed by atoms with Crippen LogP contribution >= 0.6 is 11.5 Å². The molecule has 0 spiro atoms. The van der Waals surface area contributed by atoms with Gasteiger partial charge in [-0.3, -0.25) is 5.32 Å². The van der Waals surface area contributed by atoms with Crippen molar-refractivity contribution in [3.63, 3.8) is 0 Å². The summed E-state index contributed by atoms with van der Waals surface area (Å²) >= 11 is 1.08. The van der Waals surface area contributed by atoms with Crippen LogP contribution in [0.1, 0.15) is 32.0 Å². The average Bonchev–Trinajstić information content (AvgIpc) is 2.75. The maximum absolute atomic E-state index is 12.2. The molecule has 1 aliphatic rings. The number of piperidine rings is 1. The molecule has 1 aromatic rings. The standard InChI is InChI=1S/C11H16N4O3S/c1-7-12-9(19-14-7)13-10(18)15-6-4-3-5-11(15,2)8(16)17/h3-6H2,1-2H3,(H,16,17)(H,12,13,14,18). The molecule has 104 valence electrons. The number of carbonyl (C=O) groups excluding carboxylic acids is 1. The maximum atomic E-state index is 12.2. The number of carboxylic acid groups (broad SMARTS) is 1. The monoisotopic (exact) mass is 284 g/mol. The molecule has 1 unspecified atom stereocenters. The minimum absolute atomic E-state index is 0.390. The number of urea groups is 1. The summed E-state index contributed by atoms with van der Waals surface area (Å²) in [7, 11) is 0. The van der Waals surface area contributed by atoms with Gasteiger partial charge in [0.15, 0.2) is 0 Å². The number of carbonyl (C=O) groups is 2. The summed E-state index contributed by atoms with van der Waals surface area (Å²) in [6.07, 6.45) is 2.08. The summed E-state index contributed by atoms with van der Waals surface area (Å²) < 4.78 is 3.97. The first-order valence-electron chi connectivity index (χ1n) is 6.06. The van der Waals surface area contributed by atoms with Crippen molar-refractivity contribution in [1.82, 2.24) is 14.3 Å². The van der Waals surface area contributed by atoms with E-state index in [1.54, 1.807) is 13.8 Å². The van der Waals surface area contributed by atoms with Crippen molar-refractivity contribution in [3.8, 4) is 0 Å². The first-order valence-corrected chi connectivity index (χ1v) is 6.83. The molecular weight excluding hydrogens is 268 g/mol. The van der Waals surface area contributed by atoms with Gasteiger partial charge in [-0.05, 0) is 33.1 Å². The predicted molar refractivity (Wildman–Crippen MR) is 70.3 cm³/mol. The Hall–Kier alpha value is -1.70. The van der Waals surface area contributed by atoms with Crippen molar-refractivity contribution in [2.24, 2.45) is 0 Å². The number of rotatable bonds is 2. The SMILES string of the molecule is Cc1nsc(NC(=O)N2CCCCC2(C)C(=O)O)n1. The Morgan fingerprint density at radius 3 is 2.79 bits per heavy atom. The zero-order chi connectivity index (χ0) is 14.0. The van der Waals surface area contributed by atoms with E-state index in [4.69, 9.17) is 0 Å². The Balaban J connectivity index is 2.14. The second-order valence-electron chi connectivity index (χ2n) is 4.76. The van der Waals surface area contributed by atoms with Crippen LogP contribution in [0.4, 0.5) is 9.93 Å². The third-order valence-corrected chi connectivity index (χ3v) is 4.06. The van der Waals surface area contributed by atoms with E-state index in [-0.39, 0.29) is 0 Å². The fraction of sp³-hybridized carbons (Fsp3) is 0.636. The van der Waals surface area contributed by atoms with Crippen LogP contribution in [0.25, 0.3) is 0 Å². The number of aliphatic carboxylic acids is 1. The number of hydrogen-bond donors (Lipinski definition) is 2. The lowest BCUT2D eigenvalue weighted by molar-refractivity contribution is -0.150. The van der Waals surface area contributed by atoms with Gasteiger partial charge in [0, 0.05) is 18.1 Å². The lowest BCUT2D eigenvalue weighted by Gasteiger charge is -2.41. The van der Waals surface area contributed by atoms with Crippen molar-refractivity contribution in [2.75, 3.05) is 11.9 Å². The molecule has 1 fully saturated rings. The molecule has 2 rings (SSSR count). The quantitative estimate of drug-likeness (QED) is 0.862. The van der Waals surface area contributed by atoms with Crippen molar-refractivity contribution >= 4 is 28.7 Å². The van der Waals surface area contributed by atoms with Crippen LogP contribution in [0.15, 0.2) is 0 Å². The van der Waals surface area contributed by atoms with Gasteiger partial charge >= 0.3 is 12.0 Å². The number of aromatic nitrogens is 2. The Labute approximate surface area is 114 Å². The van der Waals surface area contributed by atoms with E-state index in [0.29, 0.717) is 23.9 Å². The summed E-state index contributed by atoms with van der Waals surface area (Å²) in [6, 6.07) is -0.430. The molecule has 0 saturated carbocycles. The highest BCUT2D eigenvalue weighted by atomic mass is 32.1. The number of aryl methyl sites for hydroxylation is 1. The third-order valence-electron chi connectivity index (χ3n) is 3.34. The average molecular weight is 284 g/mol. The van der Waals surface area contributed by atoms with Gasteiger partial charge in [-0.25, -0.2) is 14.6 Å².